The Balaban J connectivity index is 1.64. The highest BCUT2D eigenvalue weighted by atomic mass is 16.5. The average Bonchev–Trinajstić information content (AvgIpc) is 3.34. The van der Waals surface area contributed by atoms with Crippen LogP contribution in [0.2, 0.25) is 0 Å². The molecule has 1 saturated heterocycles. The highest BCUT2D eigenvalue weighted by Gasteiger charge is 2.30. The Morgan fingerprint density at radius 1 is 1.06 bits per heavy atom. The van der Waals surface area contributed by atoms with Gasteiger partial charge in [-0.3, -0.25) is 4.79 Å². The molecular formula is C28H30N2O4. The number of anilines is 1. The van der Waals surface area contributed by atoms with Gasteiger partial charge >= 0.3 is 5.97 Å². The number of rotatable bonds is 7. The molecule has 1 aliphatic rings. The highest BCUT2D eigenvalue weighted by molar-refractivity contribution is 6.11. The number of ether oxygens (including phenoxy) is 1. The molecule has 0 saturated carbocycles. The lowest BCUT2D eigenvalue weighted by Gasteiger charge is -2.24. The summed E-state index contributed by atoms with van der Waals surface area (Å²) < 4.78 is 5.78. The third-order valence-corrected chi connectivity index (χ3v) is 6.16. The number of aromatic nitrogens is 1. The quantitative estimate of drug-likeness (QED) is 0.367. The molecule has 0 spiro atoms. The molecule has 6 heteroatoms. The van der Waals surface area contributed by atoms with E-state index in [1.807, 2.05) is 56.3 Å². The predicted octanol–water partition coefficient (Wildman–Crippen LogP) is 5.59. The fourth-order valence-corrected chi connectivity index (χ4v) is 4.26. The van der Waals surface area contributed by atoms with Gasteiger partial charge in [-0.1, -0.05) is 24.3 Å². The van der Waals surface area contributed by atoms with Crippen molar-refractivity contribution >= 4 is 34.5 Å². The number of pyridine rings is 1. The minimum atomic E-state index is -1.34. The van der Waals surface area contributed by atoms with Crippen molar-refractivity contribution in [1.29, 1.82) is 0 Å². The Morgan fingerprint density at radius 3 is 2.35 bits per heavy atom. The maximum absolute atomic E-state index is 13.3. The molecule has 6 nitrogen and oxygen atoms in total. The molecule has 0 aliphatic carbocycles. The molecular weight excluding hydrogens is 428 g/mol. The zero-order valence-corrected chi connectivity index (χ0v) is 20.1. The van der Waals surface area contributed by atoms with Crippen LogP contribution in [0.5, 0.6) is 5.75 Å². The van der Waals surface area contributed by atoms with Crippen molar-refractivity contribution in [3.63, 3.8) is 0 Å². The smallest absolute Gasteiger partial charge is 0.347 e. The van der Waals surface area contributed by atoms with Crippen molar-refractivity contribution in [2.24, 2.45) is 0 Å². The van der Waals surface area contributed by atoms with Crippen LogP contribution in [0, 0.1) is 13.8 Å². The monoisotopic (exact) mass is 458 g/mol. The van der Waals surface area contributed by atoms with Gasteiger partial charge in [0.05, 0.1) is 11.1 Å². The van der Waals surface area contributed by atoms with E-state index in [1.165, 1.54) is 13.8 Å². The molecule has 1 aliphatic heterocycles. The van der Waals surface area contributed by atoms with Crippen LogP contribution in [0.1, 0.15) is 53.7 Å². The van der Waals surface area contributed by atoms with Gasteiger partial charge in [-0.05, 0) is 87.6 Å². The Bertz CT molecular complexity index is 1260. The van der Waals surface area contributed by atoms with Crippen LogP contribution >= 0.6 is 0 Å². The summed E-state index contributed by atoms with van der Waals surface area (Å²) in [7, 11) is 0. The fraction of sp³-hybridized carbons (Fsp3) is 0.321. The van der Waals surface area contributed by atoms with E-state index in [1.54, 1.807) is 12.2 Å². The number of hydrogen-bond donors (Lipinski definition) is 1. The number of para-hydroxylation sites is 1. The number of benzene rings is 2. The largest absolute Gasteiger partial charge is 0.478 e. The van der Waals surface area contributed by atoms with Crippen molar-refractivity contribution in [3.8, 4) is 5.75 Å². The minimum Gasteiger partial charge on any atom is -0.478 e. The summed E-state index contributed by atoms with van der Waals surface area (Å²) in [5, 5.41) is 10.3. The van der Waals surface area contributed by atoms with E-state index < -0.39 is 11.6 Å². The molecule has 34 heavy (non-hydrogen) atoms. The second-order valence-corrected chi connectivity index (χ2v) is 9.35. The zero-order valence-electron chi connectivity index (χ0n) is 20.1. The summed E-state index contributed by atoms with van der Waals surface area (Å²) >= 11 is 0. The normalized spacial score (nSPS) is 14.2. The van der Waals surface area contributed by atoms with Crippen molar-refractivity contribution in [3.05, 3.63) is 70.8 Å². The predicted molar refractivity (Wildman–Crippen MR) is 135 cm³/mol. The molecule has 2 heterocycles. The Morgan fingerprint density at radius 2 is 1.71 bits per heavy atom. The van der Waals surface area contributed by atoms with Crippen molar-refractivity contribution in [2.45, 2.75) is 46.1 Å². The summed E-state index contributed by atoms with van der Waals surface area (Å²) in [5.74, 6) is 0.172. The lowest BCUT2D eigenvalue weighted by Crippen LogP contribution is -2.38. The van der Waals surface area contributed by atoms with Gasteiger partial charge in [-0.2, -0.15) is 0 Å². The minimum absolute atomic E-state index is 0.0946. The first-order chi connectivity index (χ1) is 16.2. The van der Waals surface area contributed by atoms with Crippen LogP contribution in [-0.4, -0.2) is 40.5 Å². The average molecular weight is 459 g/mol. The van der Waals surface area contributed by atoms with Crippen molar-refractivity contribution in [1.82, 2.24) is 4.98 Å². The van der Waals surface area contributed by atoms with Crippen LogP contribution in [0.3, 0.4) is 0 Å². The molecule has 4 rings (SSSR count). The van der Waals surface area contributed by atoms with Gasteiger partial charge in [0.25, 0.3) is 0 Å². The Labute approximate surface area is 199 Å². The van der Waals surface area contributed by atoms with Crippen LogP contribution in [0.4, 0.5) is 5.82 Å². The number of fused-ring (bicyclic) bond motifs is 1. The van der Waals surface area contributed by atoms with Crippen molar-refractivity contribution in [2.75, 3.05) is 18.0 Å². The van der Waals surface area contributed by atoms with Gasteiger partial charge in [-0.25, -0.2) is 9.78 Å². The Hall–Kier alpha value is -3.67. The van der Waals surface area contributed by atoms with E-state index in [0.717, 1.165) is 59.3 Å². The summed E-state index contributed by atoms with van der Waals surface area (Å²) in [6, 6.07) is 13.6. The van der Waals surface area contributed by atoms with Crippen LogP contribution in [0.15, 0.2) is 48.5 Å². The number of nitrogens with zero attached hydrogens (tertiary/aromatic N) is 2. The molecule has 0 unspecified atom stereocenters. The molecule has 0 bridgehead atoms. The first-order valence-electron chi connectivity index (χ1n) is 11.6. The number of ketones is 1. The van der Waals surface area contributed by atoms with Crippen LogP contribution in [0.25, 0.3) is 17.0 Å². The second kappa shape index (κ2) is 9.29. The fourth-order valence-electron chi connectivity index (χ4n) is 4.26. The summed E-state index contributed by atoms with van der Waals surface area (Å²) in [6.45, 7) is 8.60. The number of carbonyl (C=O) groups excluding carboxylic acids is 1. The molecule has 1 aromatic heterocycles. The number of aryl methyl sites for hydroxylation is 2. The van der Waals surface area contributed by atoms with Crippen molar-refractivity contribution < 1.29 is 19.4 Å². The highest BCUT2D eigenvalue weighted by Crippen LogP contribution is 2.30. The number of carboxylic acid groups (broad SMARTS) is 1. The first-order valence-corrected chi connectivity index (χ1v) is 11.6. The molecule has 0 amide bonds. The number of hydrogen-bond acceptors (Lipinski definition) is 5. The van der Waals surface area contributed by atoms with Gasteiger partial charge < -0.3 is 14.7 Å². The first kappa shape index (κ1) is 23.5. The van der Waals surface area contributed by atoms with Crippen LogP contribution in [-0.2, 0) is 4.79 Å². The maximum Gasteiger partial charge on any atom is 0.347 e. The molecule has 0 atom stereocenters. The van der Waals surface area contributed by atoms with Crippen LogP contribution < -0.4 is 9.64 Å². The summed E-state index contributed by atoms with van der Waals surface area (Å²) in [5.41, 5.74) is 2.63. The van der Waals surface area contributed by atoms with Gasteiger partial charge in [0, 0.05) is 18.5 Å². The third-order valence-electron chi connectivity index (χ3n) is 6.16. The number of allylic oxidation sites excluding steroid dienone is 1. The number of carboxylic acids is 1. The topological polar surface area (TPSA) is 79.7 Å². The molecule has 3 aromatic rings. The second-order valence-electron chi connectivity index (χ2n) is 9.35. The zero-order chi connectivity index (χ0) is 24.5. The lowest BCUT2D eigenvalue weighted by molar-refractivity contribution is -0.152. The van der Waals surface area contributed by atoms with E-state index in [4.69, 9.17) is 9.72 Å². The van der Waals surface area contributed by atoms with E-state index in [2.05, 4.69) is 4.90 Å². The SMILES string of the molecule is Cc1cc(C=CC(=O)c2cc3ccccc3nc2N2CCCC2)cc(C)c1OC(C)(C)C(=O)O. The molecule has 0 radical (unpaired) electrons. The summed E-state index contributed by atoms with van der Waals surface area (Å²) in [6.07, 6.45) is 5.58. The molecule has 2 aromatic carbocycles. The van der Waals surface area contributed by atoms with Gasteiger partial charge in [0.2, 0.25) is 0 Å². The standard InChI is InChI=1S/C28H30N2O4/c1-18-15-20(16-19(2)25(18)34-28(3,4)27(32)33)11-12-24(31)22-17-21-9-5-6-10-23(21)29-26(22)30-13-7-8-14-30/h5-6,9-12,15-17H,7-8,13-14H2,1-4H3,(H,32,33). The molecule has 1 N–H and O–H groups in total. The molecule has 176 valence electrons. The molecule has 1 fully saturated rings. The van der Waals surface area contributed by atoms with E-state index >= 15 is 0 Å². The Kier molecular flexibility index (Phi) is 6.42. The van der Waals surface area contributed by atoms with Gasteiger partial charge in [0.15, 0.2) is 11.4 Å². The van der Waals surface area contributed by atoms with Gasteiger partial charge in [-0.15, -0.1) is 0 Å². The maximum atomic E-state index is 13.3. The number of carbonyl (C=O) groups is 2. The van der Waals surface area contributed by atoms with E-state index in [-0.39, 0.29) is 5.78 Å². The van der Waals surface area contributed by atoms with E-state index in [9.17, 15) is 14.7 Å². The van der Waals surface area contributed by atoms with Gasteiger partial charge in [0.1, 0.15) is 11.6 Å². The summed E-state index contributed by atoms with van der Waals surface area (Å²) in [4.78, 5) is 31.8. The third kappa shape index (κ3) is 4.81. The number of aliphatic carboxylic acids is 1. The lowest BCUT2D eigenvalue weighted by atomic mass is 10.0. The van der Waals surface area contributed by atoms with E-state index in [0.29, 0.717) is 11.3 Å².